The lowest BCUT2D eigenvalue weighted by Crippen LogP contribution is -2.30. The van der Waals surface area contributed by atoms with Gasteiger partial charge in [0.25, 0.3) is 0 Å². The molecule has 3 rings (SSSR count). The fraction of sp³-hybridized carbons (Fsp3) is 0.600. The van der Waals surface area contributed by atoms with E-state index in [9.17, 15) is 0 Å². The van der Waals surface area contributed by atoms with Crippen LogP contribution in [-0.4, -0.2) is 25.0 Å². The second kappa shape index (κ2) is 4.02. The van der Waals surface area contributed by atoms with Crippen LogP contribution >= 0.6 is 0 Å². The highest BCUT2D eigenvalue weighted by Crippen LogP contribution is 2.49. The van der Waals surface area contributed by atoms with Gasteiger partial charge in [-0.05, 0) is 56.3 Å². The van der Waals surface area contributed by atoms with E-state index in [0.29, 0.717) is 5.41 Å². The number of nitrogen functional groups attached to an aromatic ring is 1. The zero-order valence-corrected chi connectivity index (χ0v) is 10.7. The minimum absolute atomic E-state index is 0.442. The third-order valence-corrected chi connectivity index (χ3v) is 4.22. The van der Waals surface area contributed by atoms with Gasteiger partial charge in [0, 0.05) is 24.2 Å². The molecule has 0 atom stereocenters. The van der Waals surface area contributed by atoms with Crippen LogP contribution in [0.3, 0.4) is 0 Å². The highest BCUT2D eigenvalue weighted by Gasteiger charge is 2.45. The molecule has 0 radical (unpaired) electrons. The lowest BCUT2D eigenvalue weighted by Gasteiger charge is -2.24. The van der Waals surface area contributed by atoms with Crippen LogP contribution in [-0.2, 0) is 5.41 Å². The third-order valence-electron chi connectivity index (χ3n) is 4.22. The molecule has 0 bridgehead atoms. The van der Waals surface area contributed by atoms with Crippen LogP contribution in [0.1, 0.15) is 31.2 Å². The van der Waals surface area contributed by atoms with Crippen molar-refractivity contribution in [1.29, 1.82) is 0 Å². The predicted octanol–water partition coefficient (Wildman–Crippen LogP) is 2.64. The van der Waals surface area contributed by atoms with Crippen molar-refractivity contribution in [3.8, 4) is 0 Å². The van der Waals surface area contributed by atoms with E-state index >= 15 is 0 Å². The maximum atomic E-state index is 5.76. The first kappa shape index (κ1) is 11.1. The van der Waals surface area contributed by atoms with Gasteiger partial charge in [-0.25, -0.2) is 0 Å². The normalized spacial score (nSPS) is 21.8. The van der Waals surface area contributed by atoms with Crippen LogP contribution in [0.25, 0.3) is 0 Å². The average Bonchev–Trinajstić information content (AvgIpc) is 3.17. The Bertz CT molecular complexity index is 388. The Hall–Kier alpha value is -1.02. The van der Waals surface area contributed by atoms with Crippen molar-refractivity contribution in [2.75, 3.05) is 25.9 Å². The van der Waals surface area contributed by atoms with E-state index in [1.54, 1.807) is 0 Å². The number of hydrogen-bond donors (Lipinski definition) is 1. The van der Waals surface area contributed by atoms with E-state index in [4.69, 9.17) is 5.73 Å². The number of benzene rings is 1. The molecule has 0 saturated heterocycles. The number of hydrogen-bond acceptors (Lipinski definition) is 2. The summed E-state index contributed by atoms with van der Waals surface area (Å²) in [5, 5.41) is 0. The topological polar surface area (TPSA) is 29.3 Å². The molecule has 2 nitrogen and oxygen atoms in total. The van der Waals surface area contributed by atoms with Crippen molar-refractivity contribution in [1.82, 2.24) is 4.90 Å². The van der Waals surface area contributed by atoms with E-state index in [-0.39, 0.29) is 0 Å². The molecular weight excluding hydrogens is 208 g/mol. The summed E-state index contributed by atoms with van der Waals surface area (Å²) in [4.78, 5) is 2.53. The van der Waals surface area contributed by atoms with Crippen molar-refractivity contribution >= 4 is 5.69 Å². The molecule has 0 amide bonds. The van der Waals surface area contributed by atoms with Gasteiger partial charge in [-0.15, -0.1) is 0 Å². The minimum atomic E-state index is 0.442. The summed E-state index contributed by atoms with van der Waals surface area (Å²) in [6, 6.07) is 8.51. The maximum absolute atomic E-state index is 5.76. The summed E-state index contributed by atoms with van der Waals surface area (Å²) in [5.41, 5.74) is 8.55. The number of anilines is 1. The summed E-state index contributed by atoms with van der Waals surface area (Å²) >= 11 is 0. The molecule has 92 valence electrons. The van der Waals surface area contributed by atoms with E-state index in [0.717, 1.165) is 11.6 Å². The van der Waals surface area contributed by atoms with E-state index in [1.165, 1.54) is 44.3 Å². The molecule has 1 aromatic carbocycles. The molecule has 2 saturated carbocycles. The van der Waals surface area contributed by atoms with Crippen molar-refractivity contribution < 1.29 is 0 Å². The summed E-state index contributed by atoms with van der Waals surface area (Å²) in [6.07, 6.45) is 5.57. The minimum Gasteiger partial charge on any atom is -0.399 e. The number of likely N-dealkylation sites (N-methyl/N-ethyl adjacent to an activating group) is 1. The van der Waals surface area contributed by atoms with Gasteiger partial charge in [-0.1, -0.05) is 12.1 Å². The highest BCUT2D eigenvalue weighted by atomic mass is 15.1. The molecule has 0 aliphatic heterocycles. The summed E-state index contributed by atoms with van der Waals surface area (Å²) < 4.78 is 0. The first-order valence-electron chi connectivity index (χ1n) is 6.73. The van der Waals surface area contributed by atoms with Crippen LogP contribution < -0.4 is 5.73 Å². The van der Waals surface area contributed by atoms with Crippen molar-refractivity contribution in [3.05, 3.63) is 29.8 Å². The lowest BCUT2D eigenvalue weighted by atomic mass is 9.95. The SMILES string of the molecule is CN(CC1CC1)CC1(c2ccc(N)cc2)CC1. The Labute approximate surface area is 104 Å². The zero-order chi connectivity index (χ0) is 11.9. The van der Waals surface area contributed by atoms with E-state index < -0.39 is 0 Å². The molecule has 2 aliphatic rings. The van der Waals surface area contributed by atoms with Crippen LogP contribution in [0.4, 0.5) is 5.69 Å². The van der Waals surface area contributed by atoms with Gasteiger partial charge in [0.15, 0.2) is 0 Å². The van der Waals surface area contributed by atoms with Gasteiger partial charge in [0.2, 0.25) is 0 Å². The predicted molar refractivity (Wildman–Crippen MR) is 72.0 cm³/mol. The third kappa shape index (κ3) is 2.47. The zero-order valence-electron chi connectivity index (χ0n) is 10.7. The summed E-state index contributed by atoms with van der Waals surface area (Å²) in [7, 11) is 2.27. The number of nitrogens with zero attached hydrogens (tertiary/aromatic N) is 1. The fourth-order valence-electron chi connectivity index (χ4n) is 2.85. The molecule has 0 aromatic heterocycles. The molecule has 2 aliphatic carbocycles. The summed E-state index contributed by atoms with van der Waals surface area (Å²) in [6.45, 7) is 2.50. The van der Waals surface area contributed by atoms with Crippen LogP contribution in [0.2, 0.25) is 0 Å². The van der Waals surface area contributed by atoms with Gasteiger partial charge in [0.1, 0.15) is 0 Å². The monoisotopic (exact) mass is 230 g/mol. The Morgan fingerprint density at radius 2 is 1.88 bits per heavy atom. The smallest absolute Gasteiger partial charge is 0.0314 e. The Morgan fingerprint density at radius 3 is 2.41 bits per heavy atom. The molecule has 2 N–H and O–H groups in total. The van der Waals surface area contributed by atoms with Crippen molar-refractivity contribution in [2.45, 2.75) is 31.1 Å². The highest BCUT2D eigenvalue weighted by molar-refractivity contribution is 5.43. The number of nitrogens with two attached hydrogens (primary N) is 1. The molecule has 2 fully saturated rings. The van der Waals surface area contributed by atoms with Crippen LogP contribution in [0, 0.1) is 5.92 Å². The quantitative estimate of drug-likeness (QED) is 0.788. The lowest BCUT2D eigenvalue weighted by molar-refractivity contribution is 0.290. The first-order valence-corrected chi connectivity index (χ1v) is 6.73. The van der Waals surface area contributed by atoms with Crippen LogP contribution in [0.5, 0.6) is 0 Å². The molecule has 2 heteroatoms. The standard InChI is InChI=1S/C15H22N2/c1-17(10-12-2-3-12)11-15(8-9-15)13-4-6-14(16)7-5-13/h4-7,12H,2-3,8-11,16H2,1H3. The van der Waals surface area contributed by atoms with Gasteiger partial charge < -0.3 is 10.6 Å². The molecule has 0 heterocycles. The average molecular weight is 230 g/mol. The molecule has 17 heavy (non-hydrogen) atoms. The maximum Gasteiger partial charge on any atom is 0.0314 e. The van der Waals surface area contributed by atoms with Gasteiger partial charge in [0.05, 0.1) is 0 Å². The molecule has 1 aromatic rings. The number of rotatable bonds is 5. The Balaban J connectivity index is 1.66. The van der Waals surface area contributed by atoms with Gasteiger partial charge >= 0.3 is 0 Å². The Kier molecular flexibility index (Phi) is 2.62. The van der Waals surface area contributed by atoms with Gasteiger partial charge in [-0.2, -0.15) is 0 Å². The summed E-state index contributed by atoms with van der Waals surface area (Å²) in [5.74, 6) is 0.988. The Morgan fingerprint density at radius 1 is 1.24 bits per heavy atom. The van der Waals surface area contributed by atoms with Crippen molar-refractivity contribution in [2.24, 2.45) is 5.92 Å². The van der Waals surface area contributed by atoms with E-state index in [2.05, 4.69) is 24.1 Å². The fourth-order valence-corrected chi connectivity index (χ4v) is 2.85. The molecular formula is C15H22N2. The van der Waals surface area contributed by atoms with Gasteiger partial charge in [-0.3, -0.25) is 0 Å². The van der Waals surface area contributed by atoms with Crippen molar-refractivity contribution in [3.63, 3.8) is 0 Å². The largest absolute Gasteiger partial charge is 0.399 e. The second-order valence-electron chi connectivity index (χ2n) is 6.04. The molecule has 0 unspecified atom stereocenters. The molecule has 0 spiro atoms. The first-order chi connectivity index (χ1) is 8.18. The second-order valence-corrected chi connectivity index (χ2v) is 6.04. The van der Waals surface area contributed by atoms with Crippen LogP contribution in [0.15, 0.2) is 24.3 Å². The van der Waals surface area contributed by atoms with E-state index in [1.807, 2.05) is 12.1 Å².